The number of sulfone groups is 1. The number of thiophene rings is 1. The zero-order valence-electron chi connectivity index (χ0n) is 14.2. The third-order valence-corrected chi connectivity index (χ3v) is 7.28. The molecular weight excluding hydrogens is 374 g/mol. The minimum Gasteiger partial charge on any atom is -0.465 e. The van der Waals surface area contributed by atoms with Gasteiger partial charge in [-0.1, -0.05) is 18.2 Å². The van der Waals surface area contributed by atoms with Gasteiger partial charge in [0, 0.05) is 24.5 Å². The highest BCUT2D eigenvalue weighted by Crippen LogP contribution is 2.38. The number of carbonyl (C=O) groups is 1. The second-order valence-corrected chi connectivity index (χ2v) is 9.04. The van der Waals surface area contributed by atoms with E-state index in [1.165, 1.54) is 7.05 Å². The van der Waals surface area contributed by atoms with Crippen LogP contribution in [0.5, 0.6) is 0 Å². The average Bonchev–Trinajstić information content (AvgIpc) is 3.21. The molecule has 0 aliphatic carbocycles. The molecule has 7 nitrogen and oxygen atoms in total. The second-order valence-electron chi connectivity index (χ2n) is 5.76. The summed E-state index contributed by atoms with van der Waals surface area (Å²) in [6.45, 7) is 0.106. The molecule has 3 rings (SSSR count). The van der Waals surface area contributed by atoms with Gasteiger partial charge >= 0.3 is 6.09 Å². The number of carboxylic acid groups (broad SMARTS) is 1. The standard InChI is InChI=1S/C17H17N3O4S2/c1-19(17(21)22)10-12-8-14(15-9-18-11-20(15)2)16(25-12)26(23,24)13-6-4-3-5-7-13/h3-9,11H,10H2,1-2H3,(H,21,22). The van der Waals surface area contributed by atoms with E-state index in [9.17, 15) is 13.2 Å². The van der Waals surface area contributed by atoms with Crippen LogP contribution in [0.15, 0.2) is 58.0 Å². The minimum atomic E-state index is -3.74. The zero-order chi connectivity index (χ0) is 18.9. The molecule has 0 spiro atoms. The van der Waals surface area contributed by atoms with Crippen LogP contribution in [-0.2, 0) is 23.4 Å². The van der Waals surface area contributed by atoms with E-state index in [2.05, 4.69) is 4.98 Å². The fraction of sp³-hybridized carbons (Fsp3) is 0.176. The van der Waals surface area contributed by atoms with Gasteiger partial charge in [0.1, 0.15) is 4.21 Å². The summed E-state index contributed by atoms with van der Waals surface area (Å²) in [5.74, 6) is 0. The van der Waals surface area contributed by atoms with Gasteiger partial charge < -0.3 is 14.6 Å². The van der Waals surface area contributed by atoms with E-state index in [0.29, 0.717) is 16.1 Å². The number of amides is 1. The van der Waals surface area contributed by atoms with Crippen molar-refractivity contribution in [1.82, 2.24) is 14.5 Å². The Morgan fingerprint density at radius 2 is 2.00 bits per heavy atom. The summed E-state index contributed by atoms with van der Waals surface area (Å²) >= 11 is 1.08. The van der Waals surface area contributed by atoms with E-state index >= 15 is 0 Å². The third kappa shape index (κ3) is 3.35. The molecule has 0 fully saturated rings. The van der Waals surface area contributed by atoms with Crippen molar-refractivity contribution in [2.45, 2.75) is 15.6 Å². The Bertz CT molecular complexity index is 1040. The Balaban J connectivity index is 2.15. The first-order valence-corrected chi connectivity index (χ1v) is 9.94. The molecule has 0 bridgehead atoms. The molecule has 1 N–H and O–H groups in total. The highest BCUT2D eigenvalue weighted by molar-refractivity contribution is 7.93. The van der Waals surface area contributed by atoms with Crippen molar-refractivity contribution in [1.29, 1.82) is 0 Å². The Kier molecular flexibility index (Phi) is 4.84. The topological polar surface area (TPSA) is 92.5 Å². The fourth-order valence-corrected chi connectivity index (χ4v) is 5.68. The van der Waals surface area contributed by atoms with Gasteiger partial charge in [0.25, 0.3) is 0 Å². The van der Waals surface area contributed by atoms with Gasteiger partial charge in [0.15, 0.2) is 0 Å². The predicted octanol–water partition coefficient (Wildman–Crippen LogP) is 3.09. The molecule has 0 saturated heterocycles. The van der Waals surface area contributed by atoms with Gasteiger partial charge in [-0.3, -0.25) is 0 Å². The van der Waals surface area contributed by atoms with E-state index < -0.39 is 15.9 Å². The summed E-state index contributed by atoms with van der Waals surface area (Å²) in [6, 6.07) is 9.91. The molecule has 2 heterocycles. The molecule has 136 valence electrons. The number of benzene rings is 1. The molecule has 0 saturated carbocycles. The summed E-state index contributed by atoms with van der Waals surface area (Å²) in [4.78, 5) is 17.1. The minimum absolute atomic E-state index is 0.106. The number of hydrogen-bond donors (Lipinski definition) is 1. The number of aryl methyl sites for hydroxylation is 1. The van der Waals surface area contributed by atoms with Crippen molar-refractivity contribution in [3.63, 3.8) is 0 Å². The fourth-order valence-electron chi connectivity index (χ4n) is 2.50. The van der Waals surface area contributed by atoms with Crippen molar-refractivity contribution >= 4 is 27.3 Å². The molecule has 3 aromatic rings. The molecule has 0 radical (unpaired) electrons. The normalized spacial score (nSPS) is 11.5. The molecular formula is C17H17N3O4S2. The molecule has 9 heteroatoms. The van der Waals surface area contributed by atoms with Gasteiger partial charge in [0.05, 0.1) is 29.7 Å². The van der Waals surface area contributed by atoms with Gasteiger partial charge in [-0.05, 0) is 18.2 Å². The van der Waals surface area contributed by atoms with Crippen LogP contribution in [0.25, 0.3) is 11.3 Å². The van der Waals surface area contributed by atoms with Crippen molar-refractivity contribution in [2.24, 2.45) is 7.05 Å². The number of imidazole rings is 1. The number of nitrogens with zero attached hydrogens (tertiary/aromatic N) is 3. The first-order chi connectivity index (χ1) is 12.3. The van der Waals surface area contributed by atoms with E-state index in [0.717, 1.165) is 16.2 Å². The van der Waals surface area contributed by atoms with Gasteiger partial charge in [0.2, 0.25) is 9.84 Å². The van der Waals surface area contributed by atoms with Gasteiger partial charge in [-0.15, -0.1) is 11.3 Å². The molecule has 1 amide bonds. The predicted molar refractivity (Wildman–Crippen MR) is 97.9 cm³/mol. The van der Waals surface area contributed by atoms with Crippen LogP contribution in [0, 0.1) is 0 Å². The summed E-state index contributed by atoms with van der Waals surface area (Å²) in [6.07, 6.45) is 2.11. The smallest absolute Gasteiger partial charge is 0.407 e. The Hall–Kier alpha value is -2.65. The SMILES string of the molecule is CN(Cc1cc(-c2cncn2C)c(S(=O)(=O)c2ccccc2)s1)C(=O)O. The maximum Gasteiger partial charge on any atom is 0.407 e. The molecule has 0 unspecified atom stereocenters. The lowest BCUT2D eigenvalue weighted by Gasteiger charge is -2.10. The Labute approximate surface area is 155 Å². The Morgan fingerprint density at radius 1 is 1.31 bits per heavy atom. The zero-order valence-corrected chi connectivity index (χ0v) is 15.8. The lowest BCUT2D eigenvalue weighted by Crippen LogP contribution is -2.23. The molecule has 1 aromatic carbocycles. The molecule has 2 aromatic heterocycles. The first-order valence-electron chi connectivity index (χ1n) is 7.64. The summed E-state index contributed by atoms with van der Waals surface area (Å²) in [5, 5.41) is 9.08. The third-order valence-electron chi connectivity index (χ3n) is 3.86. The number of rotatable bonds is 5. The van der Waals surface area contributed by atoms with Crippen LogP contribution in [0.3, 0.4) is 0 Å². The maximum atomic E-state index is 13.1. The monoisotopic (exact) mass is 391 g/mol. The van der Waals surface area contributed by atoms with Crippen LogP contribution in [0.4, 0.5) is 4.79 Å². The summed E-state index contributed by atoms with van der Waals surface area (Å²) in [7, 11) is -0.515. The summed E-state index contributed by atoms with van der Waals surface area (Å²) in [5.41, 5.74) is 1.17. The van der Waals surface area contributed by atoms with Crippen LogP contribution >= 0.6 is 11.3 Å². The van der Waals surface area contributed by atoms with E-state index in [4.69, 9.17) is 5.11 Å². The maximum absolute atomic E-state index is 13.1. The largest absolute Gasteiger partial charge is 0.465 e. The first kappa shape index (κ1) is 18.2. The molecule has 26 heavy (non-hydrogen) atoms. The molecule has 0 atom stereocenters. The number of aromatic nitrogens is 2. The van der Waals surface area contributed by atoms with Crippen molar-refractivity contribution < 1.29 is 18.3 Å². The van der Waals surface area contributed by atoms with Crippen LogP contribution in [0.1, 0.15) is 4.88 Å². The van der Waals surface area contributed by atoms with Crippen LogP contribution < -0.4 is 0 Å². The average molecular weight is 391 g/mol. The second kappa shape index (κ2) is 6.93. The quantitative estimate of drug-likeness (QED) is 0.721. The highest BCUT2D eigenvalue weighted by atomic mass is 32.2. The number of hydrogen-bond acceptors (Lipinski definition) is 5. The lowest BCUT2D eigenvalue weighted by molar-refractivity contribution is 0.154. The summed E-state index contributed by atoms with van der Waals surface area (Å²) < 4.78 is 28.2. The Morgan fingerprint density at radius 3 is 2.58 bits per heavy atom. The van der Waals surface area contributed by atoms with Crippen molar-refractivity contribution in [3.8, 4) is 11.3 Å². The lowest BCUT2D eigenvalue weighted by atomic mass is 10.2. The van der Waals surface area contributed by atoms with Gasteiger partial charge in [-0.25, -0.2) is 18.2 Å². The van der Waals surface area contributed by atoms with Crippen molar-refractivity contribution in [2.75, 3.05) is 7.05 Å². The molecule has 0 aliphatic rings. The van der Waals surface area contributed by atoms with E-state index in [1.54, 1.807) is 60.5 Å². The van der Waals surface area contributed by atoms with Crippen molar-refractivity contribution in [3.05, 3.63) is 53.8 Å². The van der Waals surface area contributed by atoms with E-state index in [-0.39, 0.29) is 15.6 Å². The highest BCUT2D eigenvalue weighted by Gasteiger charge is 2.27. The van der Waals surface area contributed by atoms with Gasteiger partial charge in [-0.2, -0.15) is 0 Å². The van der Waals surface area contributed by atoms with Crippen LogP contribution in [-0.4, -0.2) is 41.1 Å². The van der Waals surface area contributed by atoms with E-state index in [1.807, 2.05) is 0 Å². The van der Waals surface area contributed by atoms with Crippen LogP contribution in [0.2, 0.25) is 0 Å². The molecule has 0 aliphatic heterocycles.